The van der Waals surface area contributed by atoms with Gasteiger partial charge < -0.3 is 9.47 Å². The number of carbonyl (C=O) groups excluding carboxylic acids is 1. The molecule has 1 aromatic heterocycles. The molecule has 26 heavy (non-hydrogen) atoms. The largest absolute Gasteiger partial charge is 0.345 e. The van der Waals surface area contributed by atoms with Crippen molar-refractivity contribution in [2.24, 2.45) is 7.05 Å². The zero-order valence-electron chi connectivity index (χ0n) is 14.9. The number of carbonyl (C=O) groups is 1. The van der Waals surface area contributed by atoms with Crippen LogP contribution in [0.2, 0.25) is 5.02 Å². The summed E-state index contributed by atoms with van der Waals surface area (Å²) in [6.45, 7) is 1.41. The van der Waals surface area contributed by atoms with Gasteiger partial charge in [0.25, 0.3) is 5.91 Å². The number of nitrogens with zero attached hydrogens (tertiary/aromatic N) is 3. The van der Waals surface area contributed by atoms with Crippen molar-refractivity contribution in [2.45, 2.75) is 24.3 Å². The highest BCUT2D eigenvalue weighted by Crippen LogP contribution is 2.23. The maximum Gasteiger partial charge on any atom is 0.270 e. The lowest BCUT2D eigenvalue weighted by molar-refractivity contribution is 0.0775. The molecule has 1 saturated heterocycles. The normalized spacial score (nSPS) is 15.3. The van der Waals surface area contributed by atoms with E-state index in [0.29, 0.717) is 30.4 Å². The molecule has 0 aliphatic carbocycles. The highest BCUT2D eigenvalue weighted by Gasteiger charge is 2.30. The van der Waals surface area contributed by atoms with Gasteiger partial charge in [-0.25, -0.2) is 8.42 Å². The summed E-state index contributed by atoms with van der Waals surface area (Å²) in [6.07, 6.45) is 3.25. The van der Waals surface area contributed by atoms with Crippen LogP contribution in [0.3, 0.4) is 0 Å². The lowest BCUT2D eigenvalue weighted by Gasteiger charge is -2.18. The number of amides is 1. The fraction of sp³-hybridized carbons (Fsp3) is 0.389. The van der Waals surface area contributed by atoms with Gasteiger partial charge in [0.2, 0.25) is 10.0 Å². The van der Waals surface area contributed by atoms with Gasteiger partial charge in [0.05, 0.1) is 0 Å². The third-order valence-corrected chi connectivity index (χ3v) is 6.85. The van der Waals surface area contributed by atoms with Gasteiger partial charge in [0.15, 0.2) is 0 Å². The van der Waals surface area contributed by atoms with Crippen LogP contribution in [0.5, 0.6) is 0 Å². The SMILES string of the molecule is CN(Cc1ccccc1Cl)C(=O)c1cc(S(=O)(=O)N2CCCC2)cn1C. The molecule has 1 aliphatic rings. The molecule has 0 unspecified atom stereocenters. The highest BCUT2D eigenvalue weighted by molar-refractivity contribution is 7.89. The Hall–Kier alpha value is -1.83. The van der Waals surface area contributed by atoms with Crippen LogP contribution < -0.4 is 0 Å². The third-order valence-electron chi connectivity index (χ3n) is 4.61. The number of aryl methyl sites for hydroxylation is 1. The van der Waals surface area contributed by atoms with Gasteiger partial charge in [-0.15, -0.1) is 0 Å². The summed E-state index contributed by atoms with van der Waals surface area (Å²) in [4.78, 5) is 14.5. The van der Waals surface area contributed by atoms with Gasteiger partial charge in [-0.1, -0.05) is 29.8 Å². The second kappa shape index (κ2) is 7.42. The molecular formula is C18H22ClN3O3S. The Kier molecular flexibility index (Phi) is 5.41. The summed E-state index contributed by atoms with van der Waals surface area (Å²) >= 11 is 6.16. The molecule has 6 nitrogen and oxygen atoms in total. The molecule has 1 fully saturated rings. The second-order valence-electron chi connectivity index (χ2n) is 6.54. The number of hydrogen-bond donors (Lipinski definition) is 0. The van der Waals surface area contributed by atoms with Crippen LogP contribution in [0.15, 0.2) is 41.4 Å². The molecule has 8 heteroatoms. The Morgan fingerprint density at radius 1 is 1.23 bits per heavy atom. The van der Waals surface area contributed by atoms with Crippen LogP contribution in [0, 0.1) is 0 Å². The molecule has 1 amide bonds. The molecule has 1 aromatic carbocycles. The smallest absolute Gasteiger partial charge is 0.270 e. The van der Waals surface area contributed by atoms with Crippen molar-refractivity contribution in [2.75, 3.05) is 20.1 Å². The first-order valence-corrected chi connectivity index (χ1v) is 10.3. The van der Waals surface area contributed by atoms with E-state index < -0.39 is 10.0 Å². The lowest BCUT2D eigenvalue weighted by Crippen LogP contribution is -2.28. The predicted molar refractivity (Wildman–Crippen MR) is 101 cm³/mol. The molecule has 3 rings (SSSR count). The maximum atomic E-state index is 12.8. The topological polar surface area (TPSA) is 62.6 Å². The summed E-state index contributed by atoms with van der Waals surface area (Å²) in [5.41, 5.74) is 1.17. The van der Waals surface area contributed by atoms with Crippen LogP contribution >= 0.6 is 11.6 Å². The van der Waals surface area contributed by atoms with E-state index in [0.717, 1.165) is 18.4 Å². The number of benzene rings is 1. The Morgan fingerprint density at radius 2 is 1.88 bits per heavy atom. The van der Waals surface area contributed by atoms with Gasteiger partial charge in [0.1, 0.15) is 10.6 Å². The number of hydrogen-bond acceptors (Lipinski definition) is 3. The lowest BCUT2D eigenvalue weighted by atomic mass is 10.2. The molecule has 0 spiro atoms. The summed E-state index contributed by atoms with van der Waals surface area (Å²) in [5, 5.41) is 0.594. The zero-order valence-corrected chi connectivity index (χ0v) is 16.4. The van der Waals surface area contributed by atoms with E-state index in [4.69, 9.17) is 11.6 Å². The van der Waals surface area contributed by atoms with Crippen LogP contribution in [0.25, 0.3) is 0 Å². The minimum absolute atomic E-state index is 0.163. The van der Waals surface area contributed by atoms with E-state index in [1.807, 2.05) is 18.2 Å². The summed E-state index contributed by atoms with van der Waals surface area (Å²) in [5.74, 6) is -0.254. The monoisotopic (exact) mass is 395 g/mol. The highest BCUT2D eigenvalue weighted by atomic mass is 35.5. The van der Waals surface area contributed by atoms with E-state index >= 15 is 0 Å². The summed E-state index contributed by atoms with van der Waals surface area (Å²) < 4.78 is 28.4. The van der Waals surface area contributed by atoms with Crippen LogP contribution in [0.4, 0.5) is 0 Å². The van der Waals surface area contributed by atoms with Crippen molar-refractivity contribution in [3.8, 4) is 0 Å². The Morgan fingerprint density at radius 3 is 2.54 bits per heavy atom. The number of aromatic nitrogens is 1. The van der Waals surface area contributed by atoms with Crippen LogP contribution in [-0.2, 0) is 23.6 Å². The fourth-order valence-electron chi connectivity index (χ4n) is 3.11. The fourth-order valence-corrected chi connectivity index (χ4v) is 4.90. The van der Waals surface area contributed by atoms with Crippen molar-refractivity contribution in [1.29, 1.82) is 0 Å². The maximum absolute atomic E-state index is 12.8. The summed E-state index contributed by atoms with van der Waals surface area (Å²) in [6, 6.07) is 8.79. The minimum atomic E-state index is -3.54. The van der Waals surface area contributed by atoms with Crippen molar-refractivity contribution in [1.82, 2.24) is 13.8 Å². The van der Waals surface area contributed by atoms with Crippen molar-refractivity contribution in [3.63, 3.8) is 0 Å². The van der Waals surface area contributed by atoms with Gasteiger partial charge in [-0.05, 0) is 30.5 Å². The van der Waals surface area contributed by atoms with E-state index in [2.05, 4.69) is 0 Å². The molecule has 0 radical (unpaired) electrons. The molecule has 2 aromatic rings. The van der Waals surface area contributed by atoms with Crippen LogP contribution in [0.1, 0.15) is 28.9 Å². The quantitative estimate of drug-likeness (QED) is 0.782. The second-order valence-corrected chi connectivity index (χ2v) is 8.88. The number of halogens is 1. The predicted octanol–water partition coefficient (Wildman–Crippen LogP) is 2.74. The first kappa shape index (κ1) is 18.9. The Labute approximate surface area is 159 Å². The first-order chi connectivity index (χ1) is 12.3. The van der Waals surface area contributed by atoms with E-state index in [9.17, 15) is 13.2 Å². The molecule has 0 saturated carbocycles. The Bertz CT molecular complexity index is 918. The molecule has 2 heterocycles. The van der Waals surface area contributed by atoms with E-state index in [-0.39, 0.29) is 10.8 Å². The number of sulfonamides is 1. The minimum Gasteiger partial charge on any atom is -0.345 e. The molecule has 140 valence electrons. The molecule has 1 aliphatic heterocycles. The average Bonchev–Trinajstić information content (AvgIpc) is 3.26. The van der Waals surface area contributed by atoms with Crippen molar-refractivity contribution in [3.05, 3.63) is 52.8 Å². The molecular weight excluding hydrogens is 374 g/mol. The first-order valence-electron chi connectivity index (χ1n) is 8.46. The van der Waals surface area contributed by atoms with Crippen molar-refractivity contribution < 1.29 is 13.2 Å². The van der Waals surface area contributed by atoms with Crippen molar-refractivity contribution >= 4 is 27.5 Å². The Balaban J connectivity index is 1.82. The molecule has 0 bridgehead atoms. The zero-order chi connectivity index (χ0) is 18.9. The number of rotatable bonds is 5. The standard InChI is InChI=1S/C18H22ClN3O3S/c1-20-13-15(26(24,25)22-9-5-6-10-22)11-17(20)18(23)21(2)12-14-7-3-4-8-16(14)19/h3-4,7-8,11,13H,5-6,9-10,12H2,1-2H3. The van der Waals surface area contributed by atoms with Gasteiger partial charge in [0, 0.05) is 44.9 Å². The third kappa shape index (κ3) is 3.65. The van der Waals surface area contributed by atoms with Gasteiger partial charge >= 0.3 is 0 Å². The van der Waals surface area contributed by atoms with Crippen LogP contribution in [-0.4, -0.2) is 48.2 Å². The van der Waals surface area contributed by atoms with E-state index in [1.54, 1.807) is 24.7 Å². The van der Waals surface area contributed by atoms with Gasteiger partial charge in [-0.3, -0.25) is 4.79 Å². The van der Waals surface area contributed by atoms with E-state index in [1.165, 1.54) is 21.5 Å². The summed E-state index contributed by atoms with van der Waals surface area (Å²) in [7, 11) is -0.190. The average molecular weight is 396 g/mol. The molecule has 0 N–H and O–H groups in total. The molecule has 0 atom stereocenters. The van der Waals surface area contributed by atoms with Gasteiger partial charge in [-0.2, -0.15) is 4.31 Å².